The average molecular weight is 474 g/mol. The van der Waals surface area contributed by atoms with Crippen LogP contribution in [0.25, 0.3) is 0 Å². The number of carbonyl (C=O) groups excluding carboxylic acids is 1. The molecule has 0 aliphatic heterocycles. The predicted octanol–water partition coefficient (Wildman–Crippen LogP) is 5.19. The predicted molar refractivity (Wildman–Crippen MR) is 109 cm³/mol. The van der Waals surface area contributed by atoms with Crippen molar-refractivity contribution in [1.82, 2.24) is 5.32 Å². The van der Waals surface area contributed by atoms with Gasteiger partial charge in [-0.1, -0.05) is 30.3 Å². The molecule has 0 radical (unpaired) electrons. The second-order valence-corrected chi connectivity index (χ2v) is 8.12. The van der Waals surface area contributed by atoms with E-state index in [4.69, 9.17) is 10.5 Å². The standard InChI is InChI=1S/C23H24F6N2O2/c1-13(15-9-16(22(24,25)26)11-17(10-15)23(27,28)29)33-19-8-7-18(31-12-20(30)32)21(19)14-5-3-2-4-6-14/h2-6,9-11,13,18-19,21,31H,7-8,12H2,1H3,(H2,30,32)/t13-,18?,19?,21?/m1/s1. The molecule has 1 aliphatic carbocycles. The molecule has 0 bridgehead atoms. The molecular weight excluding hydrogens is 450 g/mol. The Morgan fingerprint density at radius 1 is 1.03 bits per heavy atom. The molecule has 3 N–H and O–H groups in total. The van der Waals surface area contributed by atoms with Gasteiger partial charge in [0.2, 0.25) is 5.91 Å². The smallest absolute Gasteiger partial charge is 0.370 e. The maximum atomic E-state index is 13.2. The molecule has 0 saturated heterocycles. The molecule has 1 amide bonds. The molecule has 1 aliphatic rings. The minimum Gasteiger partial charge on any atom is -0.370 e. The van der Waals surface area contributed by atoms with E-state index in [2.05, 4.69) is 5.32 Å². The molecule has 0 spiro atoms. The molecule has 180 valence electrons. The van der Waals surface area contributed by atoms with Crippen LogP contribution in [-0.4, -0.2) is 24.6 Å². The summed E-state index contributed by atoms with van der Waals surface area (Å²) in [4.78, 5) is 11.2. The van der Waals surface area contributed by atoms with Gasteiger partial charge in [0.25, 0.3) is 0 Å². The highest BCUT2D eigenvalue weighted by atomic mass is 19.4. The van der Waals surface area contributed by atoms with Crippen LogP contribution in [0.15, 0.2) is 48.5 Å². The van der Waals surface area contributed by atoms with Gasteiger partial charge in [0, 0.05) is 12.0 Å². The van der Waals surface area contributed by atoms with Crippen LogP contribution in [0, 0.1) is 0 Å². The van der Waals surface area contributed by atoms with Crippen LogP contribution in [-0.2, 0) is 21.9 Å². The summed E-state index contributed by atoms with van der Waals surface area (Å²) in [5.74, 6) is -0.802. The van der Waals surface area contributed by atoms with Crippen molar-refractivity contribution < 1.29 is 35.9 Å². The van der Waals surface area contributed by atoms with Gasteiger partial charge in [-0.3, -0.25) is 4.79 Å². The first kappa shape index (κ1) is 25.0. The largest absolute Gasteiger partial charge is 0.416 e. The Kier molecular flexibility index (Phi) is 7.38. The third-order valence-corrected chi connectivity index (χ3v) is 5.78. The van der Waals surface area contributed by atoms with Crippen molar-refractivity contribution in [3.8, 4) is 0 Å². The molecule has 0 aromatic heterocycles. The van der Waals surface area contributed by atoms with E-state index in [0.717, 1.165) is 5.56 Å². The van der Waals surface area contributed by atoms with E-state index >= 15 is 0 Å². The van der Waals surface area contributed by atoms with Gasteiger partial charge in [0.1, 0.15) is 0 Å². The molecule has 3 rings (SSSR count). The maximum Gasteiger partial charge on any atom is 0.416 e. The zero-order valence-electron chi connectivity index (χ0n) is 17.7. The summed E-state index contributed by atoms with van der Waals surface area (Å²) >= 11 is 0. The lowest BCUT2D eigenvalue weighted by molar-refractivity contribution is -0.143. The fourth-order valence-corrected chi connectivity index (χ4v) is 4.25. The third-order valence-electron chi connectivity index (χ3n) is 5.78. The molecule has 2 aromatic rings. The number of ether oxygens (including phenoxy) is 1. The number of nitrogens with two attached hydrogens (primary N) is 1. The highest BCUT2D eigenvalue weighted by molar-refractivity contribution is 5.75. The van der Waals surface area contributed by atoms with Crippen molar-refractivity contribution >= 4 is 5.91 Å². The Bertz CT molecular complexity index is 929. The van der Waals surface area contributed by atoms with E-state index in [1.807, 2.05) is 30.3 Å². The van der Waals surface area contributed by atoms with E-state index < -0.39 is 41.6 Å². The highest BCUT2D eigenvalue weighted by Gasteiger charge is 2.40. The normalized spacial score (nSPS) is 22.3. The lowest BCUT2D eigenvalue weighted by atomic mass is 9.92. The van der Waals surface area contributed by atoms with Crippen LogP contribution in [0.3, 0.4) is 0 Å². The van der Waals surface area contributed by atoms with Crippen molar-refractivity contribution in [2.75, 3.05) is 6.54 Å². The highest BCUT2D eigenvalue weighted by Crippen LogP contribution is 2.41. The van der Waals surface area contributed by atoms with Crippen LogP contribution < -0.4 is 11.1 Å². The Labute approximate surface area is 187 Å². The second kappa shape index (κ2) is 9.72. The summed E-state index contributed by atoms with van der Waals surface area (Å²) in [6.45, 7) is 1.38. The van der Waals surface area contributed by atoms with Crippen molar-refractivity contribution in [2.24, 2.45) is 5.73 Å². The minimum atomic E-state index is -4.93. The summed E-state index contributed by atoms with van der Waals surface area (Å²) in [6.07, 6.45) is -10.3. The fraction of sp³-hybridized carbons (Fsp3) is 0.435. The van der Waals surface area contributed by atoms with Crippen molar-refractivity contribution in [3.05, 3.63) is 70.8 Å². The first-order valence-electron chi connectivity index (χ1n) is 10.4. The van der Waals surface area contributed by atoms with Crippen LogP contribution in [0.2, 0.25) is 0 Å². The van der Waals surface area contributed by atoms with E-state index in [-0.39, 0.29) is 30.1 Å². The molecule has 4 nitrogen and oxygen atoms in total. The summed E-state index contributed by atoms with van der Waals surface area (Å²) in [6, 6.07) is 10.5. The van der Waals surface area contributed by atoms with Gasteiger partial charge < -0.3 is 15.8 Å². The number of primary amides is 1. The Hall–Kier alpha value is -2.59. The lowest BCUT2D eigenvalue weighted by Gasteiger charge is -2.29. The van der Waals surface area contributed by atoms with Gasteiger partial charge in [-0.25, -0.2) is 0 Å². The number of rotatable bonds is 7. The molecule has 1 saturated carbocycles. The second-order valence-electron chi connectivity index (χ2n) is 8.12. The van der Waals surface area contributed by atoms with Crippen molar-refractivity contribution in [3.63, 3.8) is 0 Å². The van der Waals surface area contributed by atoms with E-state index in [9.17, 15) is 31.1 Å². The number of nitrogens with one attached hydrogen (secondary N) is 1. The average Bonchev–Trinajstić information content (AvgIpc) is 3.13. The summed E-state index contributed by atoms with van der Waals surface area (Å²) < 4.78 is 85.5. The van der Waals surface area contributed by atoms with Gasteiger partial charge >= 0.3 is 12.4 Å². The Morgan fingerprint density at radius 2 is 1.61 bits per heavy atom. The zero-order chi connectivity index (χ0) is 24.4. The van der Waals surface area contributed by atoms with Gasteiger partial charge in [-0.05, 0) is 49.1 Å². The Morgan fingerprint density at radius 3 is 2.12 bits per heavy atom. The summed E-state index contributed by atoms with van der Waals surface area (Å²) in [7, 11) is 0. The third kappa shape index (κ3) is 6.26. The Balaban J connectivity index is 1.89. The van der Waals surface area contributed by atoms with Crippen LogP contribution in [0.5, 0.6) is 0 Å². The van der Waals surface area contributed by atoms with Gasteiger partial charge in [0.15, 0.2) is 0 Å². The number of alkyl halides is 6. The lowest BCUT2D eigenvalue weighted by Crippen LogP contribution is -2.39. The number of carbonyl (C=O) groups is 1. The van der Waals surface area contributed by atoms with Gasteiger partial charge in [-0.15, -0.1) is 0 Å². The zero-order valence-corrected chi connectivity index (χ0v) is 17.7. The summed E-state index contributed by atoms with van der Waals surface area (Å²) in [5, 5.41) is 3.08. The monoisotopic (exact) mass is 474 g/mol. The van der Waals surface area contributed by atoms with Crippen molar-refractivity contribution in [2.45, 2.75) is 56.3 Å². The van der Waals surface area contributed by atoms with Gasteiger partial charge in [0.05, 0.1) is 29.9 Å². The van der Waals surface area contributed by atoms with Crippen LogP contribution in [0.1, 0.15) is 54.0 Å². The topological polar surface area (TPSA) is 64.3 Å². The first-order valence-corrected chi connectivity index (χ1v) is 10.4. The van der Waals surface area contributed by atoms with E-state index in [0.29, 0.717) is 25.0 Å². The molecule has 0 heterocycles. The van der Waals surface area contributed by atoms with E-state index in [1.54, 1.807) is 0 Å². The van der Waals surface area contributed by atoms with Gasteiger partial charge in [-0.2, -0.15) is 26.3 Å². The van der Waals surface area contributed by atoms with Crippen LogP contribution >= 0.6 is 0 Å². The molecule has 1 fully saturated rings. The fourth-order valence-electron chi connectivity index (χ4n) is 4.25. The molecule has 4 atom stereocenters. The number of benzene rings is 2. The molecule has 3 unspecified atom stereocenters. The molecular formula is C23H24F6N2O2. The number of amides is 1. The van der Waals surface area contributed by atoms with E-state index in [1.165, 1.54) is 6.92 Å². The van der Waals surface area contributed by atoms with Crippen molar-refractivity contribution in [1.29, 1.82) is 0 Å². The first-order chi connectivity index (χ1) is 15.4. The molecule has 33 heavy (non-hydrogen) atoms. The van der Waals surface area contributed by atoms with Crippen LogP contribution in [0.4, 0.5) is 26.3 Å². The number of hydrogen-bond donors (Lipinski definition) is 2. The number of hydrogen-bond acceptors (Lipinski definition) is 3. The number of halogens is 6. The SMILES string of the molecule is C[C@@H](OC1CCC(NCC(N)=O)C1c1ccccc1)c1cc(C(F)(F)F)cc(C(F)(F)F)c1. The molecule has 10 heteroatoms. The molecule has 2 aromatic carbocycles. The summed E-state index contributed by atoms with van der Waals surface area (Å²) in [5.41, 5.74) is 3.14. The minimum absolute atomic E-state index is 0.0567. The quantitative estimate of drug-likeness (QED) is 0.543. The maximum absolute atomic E-state index is 13.2.